The number of carboxylic acids is 1. The normalized spacial score (nSPS) is 12.5. The van der Waals surface area contributed by atoms with Gasteiger partial charge in [0, 0.05) is 4.90 Å². The highest BCUT2D eigenvalue weighted by molar-refractivity contribution is 8.00. The molecule has 0 aromatic heterocycles. The fraction of sp³-hybridized carbons (Fsp3) is 0.222. The van der Waals surface area contributed by atoms with Crippen molar-refractivity contribution >= 4 is 29.3 Å². The van der Waals surface area contributed by atoms with Crippen molar-refractivity contribution in [1.82, 2.24) is 0 Å². The van der Waals surface area contributed by atoms with E-state index >= 15 is 0 Å². The van der Waals surface area contributed by atoms with Gasteiger partial charge >= 0.3 is 5.97 Å². The molecule has 0 aliphatic heterocycles. The summed E-state index contributed by atoms with van der Waals surface area (Å²) >= 11 is 6.66. The van der Waals surface area contributed by atoms with Crippen molar-refractivity contribution in [3.8, 4) is 0 Å². The maximum absolute atomic E-state index is 10.4. The molecule has 1 unspecified atom stereocenters. The third-order valence-electron chi connectivity index (χ3n) is 1.54. The average Bonchev–Trinajstić information content (AvgIpc) is 2.09. The molecule has 0 fully saturated rings. The zero-order valence-electron chi connectivity index (χ0n) is 7.40. The number of aliphatic hydroxyl groups is 1. The molecule has 14 heavy (non-hydrogen) atoms. The summed E-state index contributed by atoms with van der Waals surface area (Å²) in [6.07, 6.45) is 0. The Kier molecular flexibility index (Phi) is 3.80. The van der Waals surface area contributed by atoms with Gasteiger partial charge in [-0.15, -0.1) is 0 Å². The summed E-state index contributed by atoms with van der Waals surface area (Å²) < 4.78 is 0. The highest BCUT2D eigenvalue weighted by Crippen LogP contribution is 2.30. The van der Waals surface area contributed by atoms with Gasteiger partial charge in [-0.05, 0) is 24.6 Å². The lowest BCUT2D eigenvalue weighted by atomic mass is 10.2. The SMILES string of the molecule is Cc1ccc(SC(O)C(=O)O)c(Cl)c1. The van der Waals surface area contributed by atoms with Crippen LogP contribution in [-0.2, 0) is 4.79 Å². The maximum atomic E-state index is 10.4. The number of aliphatic hydroxyl groups excluding tert-OH is 1. The third kappa shape index (κ3) is 2.90. The first-order valence-corrected chi connectivity index (χ1v) is 5.10. The van der Waals surface area contributed by atoms with Gasteiger partial charge in [0.05, 0.1) is 5.02 Å². The first kappa shape index (κ1) is 11.4. The van der Waals surface area contributed by atoms with Crippen molar-refractivity contribution in [2.75, 3.05) is 0 Å². The second-order valence-electron chi connectivity index (χ2n) is 2.74. The van der Waals surface area contributed by atoms with E-state index in [0.717, 1.165) is 17.3 Å². The van der Waals surface area contributed by atoms with Gasteiger partial charge in [-0.25, -0.2) is 4.79 Å². The second kappa shape index (κ2) is 4.68. The molecular formula is C9H9ClO3S. The minimum absolute atomic E-state index is 0.454. The molecule has 0 spiro atoms. The number of carbonyl (C=O) groups is 1. The van der Waals surface area contributed by atoms with E-state index < -0.39 is 11.4 Å². The number of halogens is 1. The van der Waals surface area contributed by atoms with E-state index in [2.05, 4.69) is 0 Å². The Hall–Kier alpha value is -0.710. The number of aryl methyl sites for hydroxylation is 1. The second-order valence-corrected chi connectivity index (χ2v) is 4.27. The first-order chi connectivity index (χ1) is 6.50. The van der Waals surface area contributed by atoms with E-state index in [1.165, 1.54) is 0 Å². The van der Waals surface area contributed by atoms with Crippen LogP contribution in [0.2, 0.25) is 5.02 Å². The molecule has 5 heteroatoms. The number of thioether (sulfide) groups is 1. The number of hydrogen-bond acceptors (Lipinski definition) is 3. The predicted molar refractivity (Wildman–Crippen MR) is 55.7 cm³/mol. The Balaban J connectivity index is 2.82. The van der Waals surface area contributed by atoms with Crippen molar-refractivity contribution < 1.29 is 15.0 Å². The summed E-state index contributed by atoms with van der Waals surface area (Å²) in [5, 5.41) is 18.0. The van der Waals surface area contributed by atoms with E-state index in [9.17, 15) is 4.79 Å². The molecule has 0 amide bonds. The smallest absolute Gasteiger partial charge is 0.343 e. The standard InChI is InChI=1S/C9H9ClO3S/c1-5-2-3-7(6(10)4-5)14-9(13)8(11)12/h2-4,9,13H,1H3,(H,11,12). The number of aliphatic carboxylic acids is 1. The molecular weight excluding hydrogens is 224 g/mol. The minimum Gasteiger partial charge on any atom is -0.479 e. The summed E-state index contributed by atoms with van der Waals surface area (Å²) in [4.78, 5) is 10.9. The summed E-state index contributed by atoms with van der Waals surface area (Å²) in [5.41, 5.74) is -0.487. The zero-order chi connectivity index (χ0) is 10.7. The Bertz CT molecular complexity index is 354. The van der Waals surface area contributed by atoms with Crippen LogP contribution in [-0.4, -0.2) is 21.6 Å². The third-order valence-corrected chi connectivity index (χ3v) is 3.00. The van der Waals surface area contributed by atoms with Crippen molar-refractivity contribution in [1.29, 1.82) is 0 Å². The van der Waals surface area contributed by atoms with Crippen LogP contribution < -0.4 is 0 Å². The monoisotopic (exact) mass is 232 g/mol. The van der Waals surface area contributed by atoms with Gasteiger partial charge in [-0.1, -0.05) is 29.4 Å². The fourth-order valence-corrected chi connectivity index (χ4v) is 1.90. The molecule has 76 valence electrons. The topological polar surface area (TPSA) is 57.5 Å². The number of rotatable bonds is 3. The van der Waals surface area contributed by atoms with E-state index in [4.69, 9.17) is 21.8 Å². The highest BCUT2D eigenvalue weighted by Gasteiger charge is 2.15. The molecule has 1 aromatic rings. The van der Waals surface area contributed by atoms with Crippen LogP contribution in [0, 0.1) is 6.92 Å². The average molecular weight is 233 g/mol. The number of carboxylic acid groups (broad SMARTS) is 1. The molecule has 2 N–H and O–H groups in total. The van der Waals surface area contributed by atoms with Crippen molar-refractivity contribution in [2.45, 2.75) is 17.3 Å². The van der Waals surface area contributed by atoms with Gasteiger partial charge in [0.2, 0.25) is 5.44 Å². The summed E-state index contributed by atoms with van der Waals surface area (Å²) in [5.74, 6) is -1.27. The molecule has 0 heterocycles. The van der Waals surface area contributed by atoms with Gasteiger partial charge in [-0.3, -0.25) is 0 Å². The van der Waals surface area contributed by atoms with Crippen LogP contribution in [0.5, 0.6) is 0 Å². The highest BCUT2D eigenvalue weighted by atomic mass is 35.5. The number of benzene rings is 1. The molecule has 0 bridgehead atoms. The Morgan fingerprint density at radius 2 is 2.21 bits per heavy atom. The largest absolute Gasteiger partial charge is 0.479 e. The van der Waals surface area contributed by atoms with Crippen molar-refractivity contribution in [2.24, 2.45) is 0 Å². The summed E-state index contributed by atoms with van der Waals surface area (Å²) in [6, 6.07) is 5.22. The molecule has 0 aliphatic carbocycles. The molecule has 0 aliphatic rings. The zero-order valence-corrected chi connectivity index (χ0v) is 8.97. The van der Waals surface area contributed by atoms with Crippen LogP contribution in [0.1, 0.15) is 5.56 Å². The van der Waals surface area contributed by atoms with Gasteiger partial charge < -0.3 is 10.2 Å². The quantitative estimate of drug-likeness (QED) is 0.619. The van der Waals surface area contributed by atoms with E-state index in [-0.39, 0.29) is 0 Å². The maximum Gasteiger partial charge on any atom is 0.343 e. The predicted octanol–water partition coefficient (Wildman–Crippen LogP) is 2.14. The molecule has 1 aromatic carbocycles. The number of hydrogen-bond donors (Lipinski definition) is 2. The first-order valence-electron chi connectivity index (χ1n) is 3.84. The molecule has 1 atom stereocenters. The van der Waals surface area contributed by atoms with Crippen LogP contribution in [0.3, 0.4) is 0 Å². The van der Waals surface area contributed by atoms with Crippen LogP contribution >= 0.6 is 23.4 Å². The van der Waals surface area contributed by atoms with Gasteiger partial charge in [-0.2, -0.15) is 0 Å². The lowest BCUT2D eigenvalue weighted by molar-refractivity contribution is -0.141. The molecule has 1 rings (SSSR count). The van der Waals surface area contributed by atoms with E-state index in [1.54, 1.807) is 12.1 Å². The Labute approximate surface area is 90.7 Å². The Morgan fingerprint density at radius 3 is 2.71 bits per heavy atom. The van der Waals surface area contributed by atoms with E-state index in [1.807, 2.05) is 13.0 Å². The van der Waals surface area contributed by atoms with E-state index in [0.29, 0.717) is 9.92 Å². The van der Waals surface area contributed by atoms with Crippen LogP contribution in [0.15, 0.2) is 23.1 Å². The van der Waals surface area contributed by atoms with Crippen molar-refractivity contribution in [3.05, 3.63) is 28.8 Å². The van der Waals surface area contributed by atoms with Gasteiger partial charge in [0.15, 0.2) is 0 Å². The Morgan fingerprint density at radius 1 is 1.57 bits per heavy atom. The fourth-order valence-electron chi connectivity index (χ4n) is 0.872. The lowest BCUT2D eigenvalue weighted by Gasteiger charge is -2.07. The van der Waals surface area contributed by atoms with Gasteiger partial charge in [0.1, 0.15) is 0 Å². The van der Waals surface area contributed by atoms with Gasteiger partial charge in [0.25, 0.3) is 0 Å². The molecule has 0 saturated heterocycles. The molecule has 0 radical (unpaired) electrons. The van der Waals surface area contributed by atoms with Crippen LogP contribution in [0.4, 0.5) is 0 Å². The molecule has 0 saturated carbocycles. The minimum atomic E-state index is -1.48. The van der Waals surface area contributed by atoms with Crippen LogP contribution in [0.25, 0.3) is 0 Å². The molecule has 3 nitrogen and oxygen atoms in total. The summed E-state index contributed by atoms with van der Waals surface area (Å²) in [7, 11) is 0. The summed E-state index contributed by atoms with van der Waals surface area (Å²) in [6.45, 7) is 1.88. The lowest BCUT2D eigenvalue weighted by Crippen LogP contribution is -2.14. The van der Waals surface area contributed by atoms with Crippen molar-refractivity contribution in [3.63, 3.8) is 0 Å².